The average molecular weight is 269 g/mol. The van der Waals surface area contributed by atoms with Crippen LogP contribution in [-0.4, -0.2) is 42.5 Å². The lowest BCUT2D eigenvalue weighted by atomic mass is 9.77. The molecule has 0 radical (unpaired) electrons. The first-order valence-corrected chi connectivity index (χ1v) is 7.72. The molecule has 1 amide bonds. The number of carbonyl (C=O) groups is 1. The van der Waals surface area contributed by atoms with Gasteiger partial charge in [-0.2, -0.15) is 0 Å². The van der Waals surface area contributed by atoms with Gasteiger partial charge < -0.3 is 16.0 Å². The number of carbonyl (C=O) groups excluding carboxylic acids is 1. The quantitative estimate of drug-likeness (QED) is 0.740. The van der Waals surface area contributed by atoms with Gasteiger partial charge in [-0.25, -0.2) is 0 Å². The van der Waals surface area contributed by atoms with Gasteiger partial charge in [0.2, 0.25) is 5.91 Å². The molecule has 0 aliphatic heterocycles. The number of rotatable bonds is 7. The SMILES string of the molecule is CCC(C)CN(CC)C1CCCC(NC)(C(N)=O)C1. The van der Waals surface area contributed by atoms with Gasteiger partial charge in [-0.05, 0) is 45.2 Å². The van der Waals surface area contributed by atoms with Crippen molar-refractivity contribution in [3.05, 3.63) is 0 Å². The molecule has 19 heavy (non-hydrogen) atoms. The van der Waals surface area contributed by atoms with Crippen LogP contribution in [0.25, 0.3) is 0 Å². The molecule has 0 aromatic rings. The number of likely N-dealkylation sites (N-methyl/N-ethyl adjacent to an activating group) is 1. The summed E-state index contributed by atoms with van der Waals surface area (Å²) in [5.41, 5.74) is 5.13. The van der Waals surface area contributed by atoms with E-state index in [4.69, 9.17) is 5.73 Å². The number of hydrogen-bond donors (Lipinski definition) is 2. The largest absolute Gasteiger partial charge is 0.368 e. The zero-order chi connectivity index (χ0) is 14.5. The van der Waals surface area contributed by atoms with Crippen LogP contribution in [0, 0.1) is 5.92 Å². The molecule has 3 unspecified atom stereocenters. The van der Waals surface area contributed by atoms with E-state index in [-0.39, 0.29) is 5.91 Å². The fourth-order valence-electron chi connectivity index (χ4n) is 3.20. The van der Waals surface area contributed by atoms with Crippen molar-refractivity contribution < 1.29 is 4.79 Å². The molecule has 3 N–H and O–H groups in total. The second-order valence-corrected chi connectivity index (χ2v) is 6.05. The van der Waals surface area contributed by atoms with Crippen molar-refractivity contribution in [1.82, 2.24) is 10.2 Å². The first kappa shape index (κ1) is 16.4. The fraction of sp³-hybridized carbons (Fsp3) is 0.933. The predicted octanol–water partition coefficient (Wildman–Crippen LogP) is 1.74. The third-order valence-electron chi connectivity index (χ3n) is 4.84. The Labute approximate surface area is 118 Å². The van der Waals surface area contributed by atoms with Gasteiger partial charge in [0, 0.05) is 12.6 Å². The van der Waals surface area contributed by atoms with Gasteiger partial charge in [-0.15, -0.1) is 0 Å². The van der Waals surface area contributed by atoms with E-state index in [1.807, 2.05) is 7.05 Å². The van der Waals surface area contributed by atoms with Crippen LogP contribution >= 0.6 is 0 Å². The number of amides is 1. The zero-order valence-corrected chi connectivity index (χ0v) is 13.0. The Morgan fingerprint density at radius 1 is 1.53 bits per heavy atom. The Balaban J connectivity index is 2.73. The van der Waals surface area contributed by atoms with E-state index in [1.165, 1.54) is 12.8 Å². The summed E-state index contributed by atoms with van der Waals surface area (Å²) >= 11 is 0. The summed E-state index contributed by atoms with van der Waals surface area (Å²) < 4.78 is 0. The van der Waals surface area contributed by atoms with Gasteiger partial charge in [-0.3, -0.25) is 4.79 Å². The van der Waals surface area contributed by atoms with Gasteiger partial charge in [0.05, 0.1) is 5.54 Å². The van der Waals surface area contributed by atoms with E-state index >= 15 is 0 Å². The summed E-state index contributed by atoms with van der Waals surface area (Å²) in [6.45, 7) is 8.91. The number of hydrogen-bond acceptors (Lipinski definition) is 3. The summed E-state index contributed by atoms with van der Waals surface area (Å²) in [5, 5.41) is 3.19. The molecule has 0 bridgehead atoms. The lowest BCUT2D eigenvalue weighted by Crippen LogP contribution is -2.59. The summed E-state index contributed by atoms with van der Waals surface area (Å²) in [5.74, 6) is 0.513. The van der Waals surface area contributed by atoms with Crippen LogP contribution in [0.3, 0.4) is 0 Å². The number of nitrogens with zero attached hydrogens (tertiary/aromatic N) is 1. The monoisotopic (exact) mass is 269 g/mol. The maximum Gasteiger partial charge on any atom is 0.237 e. The van der Waals surface area contributed by atoms with Crippen LogP contribution < -0.4 is 11.1 Å². The minimum Gasteiger partial charge on any atom is -0.368 e. The Bertz CT molecular complexity index is 295. The lowest BCUT2D eigenvalue weighted by Gasteiger charge is -2.43. The minimum absolute atomic E-state index is 0.195. The molecule has 0 saturated heterocycles. The highest BCUT2D eigenvalue weighted by Gasteiger charge is 2.41. The normalized spacial score (nSPS) is 29.4. The van der Waals surface area contributed by atoms with Gasteiger partial charge >= 0.3 is 0 Å². The van der Waals surface area contributed by atoms with E-state index in [0.717, 1.165) is 32.4 Å². The van der Waals surface area contributed by atoms with Crippen molar-refractivity contribution in [2.75, 3.05) is 20.1 Å². The summed E-state index contributed by atoms with van der Waals surface area (Å²) in [4.78, 5) is 14.3. The van der Waals surface area contributed by atoms with Crippen molar-refractivity contribution >= 4 is 5.91 Å². The van der Waals surface area contributed by atoms with Crippen molar-refractivity contribution in [3.63, 3.8) is 0 Å². The zero-order valence-electron chi connectivity index (χ0n) is 13.0. The van der Waals surface area contributed by atoms with E-state index in [1.54, 1.807) is 0 Å². The van der Waals surface area contributed by atoms with Crippen molar-refractivity contribution in [2.45, 2.75) is 64.5 Å². The Morgan fingerprint density at radius 2 is 2.21 bits per heavy atom. The highest BCUT2D eigenvalue weighted by molar-refractivity contribution is 5.84. The van der Waals surface area contributed by atoms with Crippen molar-refractivity contribution in [1.29, 1.82) is 0 Å². The van der Waals surface area contributed by atoms with E-state index in [9.17, 15) is 4.79 Å². The first-order chi connectivity index (χ1) is 8.99. The average Bonchev–Trinajstić information content (AvgIpc) is 2.44. The first-order valence-electron chi connectivity index (χ1n) is 7.72. The van der Waals surface area contributed by atoms with Crippen molar-refractivity contribution in [3.8, 4) is 0 Å². The third kappa shape index (κ3) is 3.93. The molecule has 112 valence electrons. The van der Waals surface area contributed by atoms with Crippen LogP contribution in [-0.2, 0) is 4.79 Å². The van der Waals surface area contributed by atoms with Gasteiger partial charge in [0.15, 0.2) is 0 Å². The predicted molar refractivity (Wildman–Crippen MR) is 79.9 cm³/mol. The second-order valence-electron chi connectivity index (χ2n) is 6.05. The fourth-order valence-corrected chi connectivity index (χ4v) is 3.20. The number of primary amides is 1. The standard InChI is InChI=1S/C15H31N3O/c1-5-12(3)11-18(6-2)13-8-7-9-15(10-13,17-4)14(16)19/h12-13,17H,5-11H2,1-4H3,(H2,16,19). The van der Waals surface area contributed by atoms with Crippen LogP contribution in [0.5, 0.6) is 0 Å². The van der Waals surface area contributed by atoms with Crippen molar-refractivity contribution in [2.24, 2.45) is 11.7 Å². The molecule has 1 fully saturated rings. The molecular weight excluding hydrogens is 238 g/mol. The summed E-state index contributed by atoms with van der Waals surface area (Å²) in [6.07, 6.45) is 5.18. The topological polar surface area (TPSA) is 58.4 Å². The van der Waals surface area contributed by atoms with Crippen LogP contribution in [0.1, 0.15) is 52.9 Å². The molecule has 1 aliphatic rings. The number of nitrogens with two attached hydrogens (primary N) is 1. The summed E-state index contributed by atoms with van der Waals surface area (Å²) in [7, 11) is 1.86. The minimum atomic E-state index is -0.494. The maximum absolute atomic E-state index is 11.8. The van der Waals surface area contributed by atoms with Crippen LogP contribution in [0.4, 0.5) is 0 Å². The van der Waals surface area contributed by atoms with Gasteiger partial charge in [0.1, 0.15) is 0 Å². The smallest absolute Gasteiger partial charge is 0.237 e. The molecule has 0 heterocycles. The molecule has 0 aromatic heterocycles. The van der Waals surface area contributed by atoms with Crippen LogP contribution in [0.2, 0.25) is 0 Å². The Hall–Kier alpha value is -0.610. The molecule has 1 saturated carbocycles. The molecule has 1 rings (SSSR count). The molecule has 3 atom stereocenters. The lowest BCUT2D eigenvalue weighted by molar-refractivity contribution is -0.126. The van der Waals surface area contributed by atoms with Crippen LogP contribution in [0.15, 0.2) is 0 Å². The Kier molecular flexibility index (Phi) is 6.27. The van der Waals surface area contributed by atoms with Gasteiger partial charge in [-0.1, -0.05) is 27.2 Å². The highest BCUT2D eigenvalue weighted by atomic mass is 16.1. The molecule has 4 heteroatoms. The molecule has 1 aliphatic carbocycles. The molecule has 0 aromatic carbocycles. The van der Waals surface area contributed by atoms with Gasteiger partial charge in [0.25, 0.3) is 0 Å². The summed E-state index contributed by atoms with van der Waals surface area (Å²) in [6, 6.07) is 0.479. The second kappa shape index (κ2) is 7.25. The van der Waals surface area contributed by atoms with E-state index in [0.29, 0.717) is 12.0 Å². The van der Waals surface area contributed by atoms with E-state index < -0.39 is 5.54 Å². The maximum atomic E-state index is 11.8. The third-order valence-corrected chi connectivity index (χ3v) is 4.84. The molecule has 0 spiro atoms. The highest BCUT2D eigenvalue weighted by Crippen LogP contribution is 2.31. The Morgan fingerprint density at radius 3 is 2.68 bits per heavy atom. The molecule has 4 nitrogen and oxygen atoms in total. The van der Waals surface area contributed by atoms with E-state index in [2.05, 4.69) is 31.0 Å². The molecular formula is C15H31N3O. The number of nitrogens with one attached hydrogen (secondary N) is 1.